The standard InChI is InChI=1S/C10H16N2O8.4C3H9NO/c13-7(14)3-11(4-8(15)16)1-2-12(5-9(17)18)6-10(19)20;4*1-4-2-3-5/h1-6H2,(H,13,14)(H,15,16)(H,17,18)(H,19,20);4*4-5H,2-3H2,1H3. The van der Waals surface area contributed by atoms with Gasteiger partial charge < -0.3 is 62.1 Å². The predicted octanol–water partition coefficient (Wildman–Crippen LogP) is -5.28. The first-order chi connectivity index (χ1) is 18.9. The van der Waals surface area contributed by atoms with E-state index in [0.29, 0.717) is 26.2 Å². The van der Waals surface area contributed by atoms with Gasteiger partial charge in [0.1, 0.15) is 0 Å². The fraction of sp³-hybridized carbons (Fsp3) is 0.818. The molecule has 18 heteroatoms. The van der Waals surface area contributed by atoms with Crippen LogP contribution < -0.4 is 21.3 Å². The molecular formula is C22H52N6O12. The van der Waals surface area contributed by atoms with Gasteiger partial charge in [-0.15, -0.1) is 0 Å². The zero-order valence-corrected chi connectivity index (χ0v) is 24.0. The molecule has 0 atom stereocenters. The maximum Gasteiger partial charge on any atom is 0.317 e. The quantitative estimate of drug-likeness (QED) is 0.0667. The second-order valence-electron chi connectivity index (χ2n) is 7.30. The molecule has 0 aromatic heterocycles. The summed E-state index contributed by atoms with van der Waals surface area (Å²) in [4.78, 5) is 44.4. The molecule has 242 valence electrons. The number of carboxylic acid groups (broad SMARTS) is 4. The van der Waals surface area contributed by atoms with E-state index in [1.165, 1.54) is 0 Å². The Labute approximate surface area is 235 Å². The van der Waals surface area contributed by atoms with Gasteiger partial charge in [0.15, 0.2) is 0 Å². The summed E-state index contributed by atoms with van der Waals surface area (Å²) in [6, 6.07) is 0. The van der Waals surface area contributed by atoms with Gasteiger partial charge in [-0.1, -0.05) is 0 Å². The van der Waals surface area contributed by atoms with Crippen molar-refractivity contribution >= 4 is 23.9 Å². The Morgan fingerprint density at radius 3 is 0.700 bits per heavy atom. The molecule has 18 nitrogen and oxygen atoms in total. The summed E-state index contributed by atoms with van der Waals surface area (Å²) in [7, 11) is 7.21. The summed E-state index contributed by atoms with van der Waals surface area (Å²) in [5.74, 6) is -4.91. The molecule has 0 radical (unpaired) electrons. The van der Waals surface area contributed by atoms with Crippen LogP contribution in [0.1, 0.15) is 0 Å². The van der Waals surface area contributed by atoms with E-state index in [1.807, 2.05) is 0 Å². The smallest absolute Gasteiger partial charge is 0.317 e. The molecule has 0 bridgehead atoms. The minimum atomic E-state index is -1.23. The molecule has 0 rings (SSSR count). The summed E-state index contributed by atoms with van der Waals surface area (Å²) in [5.41, 5.74) is 0. The molecule has 0 aromatic rings. The lowest BCUT2D eigenvalue weighted by Crippen LogP contribution is -2.43. The number of aliphatic carboxylic acids is 4. The van der Waals surface area contributed by atoms with Crippen LogP contribution in [0.5, 0.6) is 0 Å². The Balaban J connectivity index is -0.000000164. The second kappa shape index (κ2) is 41.0. The maximum absolute atomic E-state index is 10.6. The minimum Gasteiger partial charge on any atom is -0.480 e. The number of carboxylic acids is 4. The lowest BCUT2D eigenvalue weighted by Gasteiger charge is -2.23. The molecule has 0 fully saturated rings. The molecule has 0 aliphatic carbocycles. The average molecular weight is 593 g/mol. The van der Waals surface area contributed by atoms with Crippen molar-refractivity contribution in [2.75, 3.05) is 120 Å². The van der Waals surface area contributed by atoms with Gasteiger partial charge in [-0.05, 0) is 28.2 Å². The lowest BCUT2D eigenvalue weighted by molar-refractivity contribution is -0.145. The molecule has 0 aromatic carbocycles. The van der Waals surface area contributed by atoms with Crippen molar-refractivity contribution in [2.45, 2.75) is 0 Å². The third kappa shape index (κ3) is 60.2. The zero-order valence-electron chi connectivity index (χ0n) is 24.0. The number of rotatable bonds is 19. The van der Waals surface area contributed by atoms with Crippen molar-refractivity contribution in [2.24, 2.45) is 0 Å². The number of hydrogen-bond acceptors (Lipinski definition) is 14. The fourth-order valence-electron chi connectivity index (χ4n) is 1.92. The summed E-state index contributed by atoms with van der Waals surface area (Å²) < 4.78 is 0. The molecule has 0 aliphatic rings. The zero-order chi connectivity index (χ0) is 32.2. The second-order valence-corrected chi connectivity index (χ2v) is 7.30. The number of carbonyl (C=O) groups is 4. The third-order valence-corrected chi connectivity index (χ3v) is 3.62. The highest BCUT2D eigenvalue weighted by molar-refractivity contribution is 5.73. The van der Waals surface area contributed by atoms with E-state index in [9.17, 15) is 19.2 Å². The molecule has 40 heavy (non-hydrogen) atoms. The van der Waals surface area contributed by atoms with Crippen LogP contribution in [0, 0.1) is 0 Å². The van der Waals surface area contributed by atoms with Crippen molar-refractivity contribution in [1.82, 2.24) is 31.1 Å². The summed E-state index contributed by atoms with van der Waals surface area (Å²) >= 11 is 0. The highest BCUT2D eigenvalue weighted by atomic mass is 16.4. The first-order valence-corrected chi connectivity index (χ1v) is 12.2. The van der Waals surface area contributed by atoms with Gasteiger partial charge in [-0.2, -0.15) is 0 Å². The summed E-state index contributed by atoms with van der Waals surface area (Å²) in [6.45, 7) is 1.46. The van der Waals surface area contributed by atoms with Gasteiger partial charge >= 0.3 is 23.9 Å². The van der Waals surface area contributed by atoms with E-state index < -0.39 is 50.1 Å². The highest BCUT2D eigenvalue weighted by Crippen LogP contribution is 1.94. The van der Waals surface area contributed by atoms with Crippen LogP contribution in [0.25, 0.3) is 0 Å². The Morgan fingerprint density at radius 2 is 0.625 bits per heavy atom. The highest BCUT2D eigenvalue weighted by Gasteiger charge is 2.18. The Bertz CT molecular complexity index is 476. The molecule has 0 aliphatic heterocycles. The number of nitrogens with zero attached hydrogens (tertiary/aromatic N) is 2. The Kier molecular flexibility index (Phi) is 48.4. The number of nitrogens with one attached hydrogen (secondary N) is 4. The molecule has 0 heterocycles. The number of aliphatic hydroxyl groups is 4. The number of likely N-dealkylation sites (N-methyl/N-ethyl adjacent to an activating group) is 4. The van der Waals surface area contributed by atoms with Gasteiger partial charge in [0.25, 0.3) is 0 Å². The van der Waals surface area contributed by atoms with E-state index in [1.54, 1.807) is 28.2 Å². The summed E-state index contributed by atoms with van der Waals surface area (Å²) in [5, 5.41) is 77.6. The first-order valence-electron chi connectivity index (χ1n) is 12.2. The van der Waals surface area contributed by atoms with Gasteiger partial charge in [0.2, 0.25) is 0 Å². The predicted molar refractivity (Wildman–Crippen MR) is 147 cm³/mol. The van der Waals surface area contributed by atoms with Crippen molar-refractivity contribution in [3.05, 3.63) is 0 Å². The SMILES string of the molecule is CNCCO.CNCCO.CNCCO.CNCCO.O=C(O)CN(CCN(CC(=O)O)CC(=O)O)CC(=O)O. The van der Waals surface area contributed by atoms with Crippen molar-refractivity contribution in [3.63, 3.8) is 0 Å². The van der Waals surface area contributed by atoms with Crippen molar-refractivity contribution in [1.29, 1.82) is 0 Å². The van der Waals surface area contributed by atoms with Crippen molar-refractivity contribution < 1.29 is 60.0 Å². The molecule has 0 saturated heterocycles. The molecule has 0 spiro atoms. The average Bonchev–Trinajstić information content (AvgIpc) is 2.85. The van der Waals surface area contributed by atoms with E-state index in [2.05, 4.69) is 21.3 Å². The molecule has 0 unspecified atom stereocenters. The number of hydrogen-bond donors (Lipinski definition) is 12. The Hall–Kier alpha value is -2.52. The van der Waals surface area contributed by atoms with E-state index in [0.717, 1.165) is 9.80 Å². The van der Waals surface area contributed by atoms with Gasteiger partial charge in [0, 0.05) is 39.3 Å². The topological polar surface area (TPSA) is 285 Å². The lowest BCUT2D eigenvalue weighted by atomic mass is 10.4. The first kappa shape index (κ1) is 47.3. The van der Waals surface area contributed by atoms with Gasteiger partial charge in [0.05, 0.1) is 52.6 Å². The van der Waals surface area contributed by atoms with E-state index >= 15 is 0 Å². The maximum atomic E-state index is 10.6. The normalized spacial score (nSPS) is 9.55. The van der Waals surface area contributed by atoms with Crippen LogP contribution in [0.3, 0.4) is 0 Å². The van der Waals surface area contributed by atoms with E-state index in [-0.39, 0.29) is 39.5 Å². The number of aliphatic hydroxyl groups excluding tert-OH is 4. The largest absolute Gasteiger partial charge is 0.480 e. The molecule has 0 saturated carbocycles. The minimum absolute atomic E-state index is 0.0703. The van der Waals surface area contributed by atoms with Gasteiger partial charge in [-0.3, -0.25) is 29.0 Å². The van der Waals surface area contributed by atoms with Crippen molar-refractivity contribution in [3.8, 4) is 0 Å². The van der Waals surface area contributed by atoms with Crippen LogP contribution in [-0.4, -0.2) is 195 Å². The van der Waals surface area contributed by atoms with Gasteiger partial charge in [-0.25, -0.2) is 0 Å². The third-order valence-electron chi connectivity index (χ3n) is 3.62. The van der Waals surface area contributed by atoms with E-state index in [4.69, 9.17) is 40.9 Å². The van der Waals surface area contributed by atoms with Crippen LogP contribution in [0.2, 0.25) is 0 Å². The molecule has 12 N–H and O–H groups in total. The van der Waals surface area contributed by atoms with Crippen LogP contribution in [0.15, 0.2) is 0 Å². The molecular weight excluding hydrogens is 540 g/mol. The van der Waals surface area contributed by atoms with Crippen LogP contribution in [-0.2, 0) is 19.2 Å². The Morgan fingerprint density at radius 1 is 0.450 bits per heavy atom. The fourth-order valence-corrected chi connectivity index (χ4v) is 1.92. The summed E-state index contributed by atoms with van der Waals surface area (Å²) in [6.07, 6.45) is 0. The molecule has 0 amide bonds. The monoisotopic (exact) mass is 592 g/mol. The van der Waals surface area contributed by atoms with Crippen LogP contribution in [0.4, 0.5) is 0 Å². The van der Waals surface area contributed by atoms with Crippen LogP contribution >= 0.6 is 0 Å².